The molecule has 3 N–H and O–H groups in total. The van der Waals surface area contributed by atoms with Crippen LogP contribution in [0.5, 0.6) is 23.0 Å². The topological polar surface area (TPSA) is 116 Å². The molecule has 0 atom stereocenters. The molecule has 1 fully saturated rings. The van der Waals surface area contributed by atoms with Crippen molar-refractivity contribution in [3.05, 3.63) is 84.1 Å². The third-order valence-electron chi connectivity index (χ3n) is 7.34. The van der Waals surface area contributed by atoms with Crippen LogP contribution in [0, 0.1) is 17.6 Å². The smallest absolute Gasteiger partial charge is 0.316 e. The second-order valence-corrected chi connectivity index (χ2v) is 10.3. The van der Waals surface area contributed by atoms with Crippen molar-refractivity contribution in [3.63, 3.8) is 0 Å². The van der Waals surface area contributed by atoms with Gasteiger partial charge in [0.15, 0.2) is 23.1 Å². The standard InChI is InChI=1S/C32H32F2N4O5/c1-41-29-17-24-26(18-30(29)42-19-21-7-11-36-12-8-21)37-13-9-27(24)43-28-6-5-23(16-25(28)34)38(32(40)31(35)39)14-10-20-3-2-4-22(33)15-20/h2-6,9,13,15-18,21,36H,7-8,10-12,14,19H2,1H3,(H2,35,39). The highest BCUT2D eigenvalue weighted by molar-refractivity contribution is 6.39. The number of anilines is 1. The minimum absolute atomic E-state index is 0.0261. The first-order chi connectivity index (χ1) is 20.8. The summed E-state index contributed by atoms with van der Waals surface area (Å²) in [6, 6.07) is 14.8. The summed E-state index contributed by atoms with van der Waals surface area (Å²) in [6.45, 7) is 2.48. The fraction of sp³-hybridized carbons (Fsp3) is 0.281. The number of rotatable bonds is 10. The zero-order valence-corrected chi connectivity index (χ0v) is 23.6. The van der Waals surface area contributed by atoms with Crippen molar-refractivity contribution in [3.8, 4) is 23.0 Å². The quantitative estimate of drug-likeness (QED) is 0.256. The van der Waals surface area contributed by atoms with Crippen LogP contribution in [0.4, 0.5) is 14.5 Å². The first-order valence-corrected chi connectivity index (χ1v) is 14.0. The maximum absolute atomic E-state index is 15.4. The molecule has 0 unspecified atom stereocenters. The molecule has 2 amide bonds. The van der Waals surface area contributed by atoms with Crippen molar-refractivity contribution in [1.82, 2.24) is 10.3 Å². The Morgan fingerprint density at radius 2 is 1.81 bits per heavy atom. The van der Waals surface area contributed by atoms with E-state index in [0.717, 1.165) is 36.9 Å². The van der Waals surface area contributed by atoms with Gasteiger partial charge in [0.1, 0.15) is 11.6 Å². The Morgan fingerprint density at radius 3 is 2.53 bits per heavy atom. The Hall–Kier alpha value is -4.77. The molecule has 4 aromatic rings. The molecule has 3 aromatic carbocycles. The summed E-state index contributed by atoms with van der Waals surface area (Å²) in [6.07, 6.45) is 3.84. The third-order valence-corrected chi connectivity index (χ3v) is 7.34. The maximum Gasteiger partial charge on any atom is 0.316 e. The number of pyridine rings is 1. The summed E-state index contributed by atoms with van der Waals surface area (Å²) < 4.78 is 46.6. The number of nitrogens with two attached hydrogens (primary N) is 1. The number of hydrogen-bond donors (Lipinski definition) is 2. The lowest BCUT2D eigenvalue weighted by atomic mass is 9.99. The summed E-state index contributed by atoms with van der Waals surface area (Å²) in [4.78, 5) is 29.8. The number of primary amides is 1. The predicted octanol–water partition coefficient (Wildman–Crippen LogP) is 4.75. The summed E-state index contributed by atoms with van der Waals surface area (Å²) in [5.74, 6) is -1.70. The molecule has 1 saturated heterocycles. The van der Waals surface area contributed by atoms with Gasteiger partial charge in [0.2, 0.25) is 0 Å². The lowest BCUT2D eigenvalue weighted by molar-refractivity contribution is -0.135. The van der Waals surface area contributed by atoms with Gasteiger partial charge in [0, 0.05) is 35.9 Å². The van der Waals surface area contributed by atoms with Crippen molar-refractivity contribution in [2.45, 2.75) is 19.3 Å². The molecule has 0 bridgehead atoms. The Balaban J connectivity index is 1.36. The van der Waals surface area contributed by atoms with Crippen LogP contribution in [0.25, 0.3) is 10.9 Å². The van der Waals surface area contributed by atoms with Crippen molar-refractivity contribution < 1.29 is 32.6 Å². The molecular formula is C32H32F2N4O5. The van der Waals surface area contributed by atoms with E-state index in [0.29, 0.717) is 46.2 Å². The molecule has 0 spiro atoms. The molecule has 2 heterocycles. The molecule has 11 heteroatoms. The van der Waals surface area contributed by atoms with Crippen LogP contribution in [0.3, 0.4) is 0 Å². The highest BCUT2D eigenvalue weighted by atomic mass is 19.1. The number of carbonyl (C=O) groups is 2. The molecule has 0 saturated carbocycles. The van der Waals surface area contributed by atoms with Gasteiger partial charge in [-0.3, -0.25) is 14.6 Å². The van der Waals surface area contributed by atoms with Gasteiger partial charge >= 0.3 is 11.8 Å². The molecule has 1 aliphatic rings. The van der Waals surface area contributed by atoms with E-state index >= 15 is 4.39 Å². The number of hydrogen-bond acceptors (Lipinski definition) is 7. The molecule has 0 radical (unpaired) electrons. The number of aromatic nitrogens is 1. The largest absolute Gasteiger partial charge is 0.493 e. The Kier molecular flexibility index (Phi) is 9.31. The van der Waals surface area contributed by atoms with Crippen molar-refractivity contribution >= 4 is 28.4 Å². The van der Waals surface area contributed by atoms with E-state index in [2.05, 4.69) is 10.3 Å². The van der Waals surface area contributed by atoms with Crippen molar-refractivity contribution in [2.75, 3.05) is 38.3 Å². The maximum atomic E-state index is 15.4. The summed E-state index contributed by atoms with van der Waals surface area (Å²) >= 11 is 0. The van der Waals surface area contributed by atoms with E-state index in [1.54, 1.807) is 43.6 Å². The first-order valence-electron chi connectivity index (χ1n) is 14.0. The van der Waals surface area contributed by atoms with E-state index in [1.807, 2.05) is 0 Å². The molecule has 224 valence electrons. The Labute approximate surface area is 247 Å². The van der Waals surface area contributed by atoms with Crippen LogP contribution in [-0.2, 0) is 16.0 Å². The fourth-order valence-electron chi connectivity index (χ4n) is 5.02. The molecule has 43 heavy (non-hydrogen) atoms. The first kappa shape index (κ1) is 29.7. The predicted molar refractivity (Wildman–Crippen MR) is 158 cm³/mol. The van der Waals surface area contributed by atoms with Crippen molar-refractivity contribution in [2.24, 2.45) is 11.7 Å². The fourth-order valence-corrected chi connectivity index (χ4v) is 5.02. The van der Waals surface area contributed by atoms with E-state index in [4.69, 9.17) is 19.9 Å². The number of piperidine rings is 1. The number of ether oxygens (including phenoxy) is 3. The highest BCUT2D eigenvalue weighted by Crippen LogP contribution is 2.38. The number of amides is 2. The molecular weight excluding hydrogens is 558 g/mol. The van der Waals surface area contributed by atoms with Crippen LogP contribution in [0.15, 0.2) is 66.9 Å². The SMILES string of the molecule is COc1cc2c(Oc3ccc(N(CCc4cccc(F)c4)C(=O)C(N)=O)cc3F)ccnc2cc1OCC1CCNCC1. The van der Waals surface area contributed by atoms with Gasteiger partial charge in [0.05, 0.1) is 19.2 Å². The van der Waals surface area contributed by atoms with Crippen LogP contribution < -0.4 is 30.2 Å². The number of nitrogens with zero attached hydrogens (tertiary/aromatic N) is 2. The lowest BCUT2D eigenvalue weighted by Gasteiger charge is -2.23. The van der Waals surface area contributed by atoms with E-state index in [9.17, 15) is 14.0 Å². The zero-order chi connectivity index (χ0) is 30.3. The number of fused-ring (bicyclic) bond motifs is 1. The third kappa shape index (κ3) is 7.18. The second-order valence-electron chi connectivity index (χ2n) is 10.3. The number of carbonyl (C=O) groups excluding carboxylic acids is 2. The van der Waals surface area contributed by atoms with Gasteiger partial charge in [-0.15, -0.1) is 0 Å². The zero-order valence-electron chi connectivity index (χ0n) is 23.6. The molecule has 1 aromatic heterocycles. The minimum Gasteiger partial charge on any atom is -0.493 e. The minimum atomic E-state index is -1.20. The van der Waals surface area contributed by atoms with Gasteiger partial charge in [-0.1, -0.05) is 12.1 Å². The van der Waals surface area contributed by atoms with E-state index in [-0.39, 0.29) is 24.4 Å². The molecule has 9 nitrogen and oxygen atoms in total. The van der Waals surface area contributed by atoms with Crippen molar-refractivity contribution in [1.29, 1.82) is 0 Å². The average molecular weight is 591 g/mol. The Morgan fingerprint density at radius 1 is 1.00 bits per heavy atom. The summed E-state index contributed by atoms with van der Waals surface area (Å²) in [5.41, 5.74) is 6.52. The van der Waals surface area contributed by atoms with Gasteiger partial charge in [-0.25, -0.2) is 8.78 Å². The molecule has 1 aliphatic heterocycles. The van der Waals surface area contributed by atoms with Gasteiger partial charge < -0.3 is 30.2 Å². The van der Waals surface area contributed by atoms with Crippen LogP contribution >= 0.6 is 0 Å². The summed E-state index contributed by atoms with van der Waals surface area (Å²) in [5, 5.41) is 3.92. The van der Waals surface area contributed by atoms with E-state index in [1.165, 1.54) is 24.3 Å². The number of methoxy groups -OCH3 is 1. The lowest BCUT2D eigenvalue weighted by Crippen LogP contribution is -2.41. The van der Waals surface area contributed by atoms with Gasteiger partial charge in [-0.2, -0.15) is 0 Å². The van der Waals surface area contributed by atoms with Crippen LogP contribution in [0.2, 0.25) is 0 Å². The monoisotopic (exact) mass is 590 g/mol. The second kappa shape index (κ2) is 13.5. The Bertz CT molecular complexity index is 1630. The number of benzene rings is 3. The van der Waals surface area contributed by atoms with Crippen LogP contribution in [0.1, 0.15) is 18.4 Å². The highest BCUT2D eigenvalue weighted by Gasteiger charge is 2.23. The normalized spacial score (nSPS) is 13.5. The molecule has 0 aliphatic carbocycles. The molecule has 5 rings (SSSR count). The number of halogens is 2. The van der Waals surface area contributed by atoms with Crippen LogP contribution in [-0.4, -0.2) is 50.1 Å². The van der Waals surface area contributed by atoms with Gasteiger partial charge in [-0.05, 0) is 80.2 Å². The average Bonchev–Trinajstić information content (AvgIpc) is 3.01. The number of nitrogens with one attached hydrogen (secondary N) is 1. The van der Waals surface area contributed by atoms with E-state index < -0.39 is 23.4 Å². The summed E-state index contributed by atoms with van der Waals surface area (Å²) in [7, 11) is 1.54. The van der Waals surface area contributed by atoms with Gasteiger partial charge in [0.25, 0.3) is 0 Å².